The van der Waals surface area contributed by atoms with Gasteiger partial charge in [0.05, 0.1) is 0 Å². The molecule has 1 fully saturated rings. The number of likely N-dealkylation sites (N-methyl/N-ethyl adjacent to an activating group) is 1. The highest BCUT2D eigenvalue weighted by molar-refractivity contribution is 5.76. The second-order valence-electron chi connectivity index (χ2n) is 7.81. The molecule has 0 aliphatic carbocycles. The third kappa shape index (κ3) is 7.43. The standard InChI is InChI=1S/C22H34FN3O/c1-4-5-12-22(27)26(15-14-24(2)3)17-19-9-8-13-25(16-19)18-20-10-6-7-11-21(20)23/h4,6-7,10-11,19H,1,5,8-9,12-18H2,2-3H3/t19-/m1/s1. The fraction of sp³-hybridized carbons (Fsp3) is 0.591. The number of amides is 1. The first kappa shape index (κ1) is 21.6. The van der Waals surface area contributed by atoms with Crippen LogP contribution in [0.4, 0.5) is 4.39 Å². The zero-order chi connectivity index (χ0) is 19.6. The summed E-state index contributed by atoms with van der Waals surface area (Å²) >= 11 is 0. The zero-order valence-electron chi connectivity index (χ0n) is 16.9. The zero-order valence-corrected chi connectivity index (χ0v) is 16.9. The number of likely N-dealkylation sites (tertiary alicyclic amines) is 1. The largest absolute Gasteiger partial charge is 0.341 e. The summed E-state index contributed by atoms with van der Waals surface area (Å²) in [5.74, 6) is 0.523. The van der Waals surface area contributed by atoms with Crippen LogP contribution < -0.4 is 0 Å². The third-order valence-corrected chi connectivity index (χ3v) is 5.17. The first-order valence-electron chi connectivity index (χ1n) is 9.98. The minimum absolute atomic E-state index is 0.133. The topological polar surface area (TPSA) is 26.8 Å². The number of carbonyl (C=O) groups excluding carboxylic acids is 1. The van der Waals surface area contributed by atoms with Crippen molar-refractivity contribution in [2.75, 3.05) is 46.8 Å². The van der Waals surface area contributed by atoms with Crippen molar-refractivity contribution in [3.63, 3.8) is 0 Å². The molecule has 1 aromatic carbocycles. The van der Waals surface area contributed by atoms with Gasteiger partial charge in [0.25, 0.3) is 0 Å². The number of rotatable bonds is 10. The lowest BCUT2D eigenvalue weighted by molar-refractivity contribution is -0.132. The Morgan fingerprint density at radius 3 is 2.81 bits per heavy atom. The highest BCUT2D eigenvalue weighted by Crippen LogP contribution is 2.21. The van der Waals surface area contributed by atoms with Gasteiger partial charge in [-0.15, -0.1) is 6.58 Å². The lowest BCUT2D eigenvalue weighted by atomic mass is 9.96. The number of carbonyl (C=O) groups is 1. The van der Waals surface area contributed by atoms with Crippen molar-refractivity contribution in [1.82, 2.24) is 14.7 Å². The van der Waals surface area contributed by atoms with E-state index < -0.39 is 0 Å². The maximum atomic E-state index is 14.0. The summed E-state index contributed by atoms with van der Waals surface area (Å²) in [5, 5.41) is 0. The van der Waals surface area contributed by atoms with E-state index in [9.17, 15) is 9.18 Å². The number of piperidine rings is 1. The van der Waals surface area contributed by atoms with E-state index >= 15 is 0 Å². The predicted octanol–water partition coefficient (Wildman–Crippen LogP) is 3.39. The number of halogens is 1. The summed E-state index contributed by atoms with van der Waals surface area (Å²) < 4.78 is 14.0. The molecule has 0 N–H and O–H groups in total. The van der Waals surface area contributed by atoms with Crippen molar-refractivity contribution in [3.05, 3.63) is 48.3 Å². The molecule has 1 atom stereocenters. The summed E-state index contributed by atoms with van der Waals surface area (Å²) in [6.07, 6.45) is 5.28. The first-order chi connectivity index (χ1) is 13.0. The van der Waals surface area contributed by atoms with Crippen LogP contribution >= 0.6 is 0 Å². The molecule has 0 aromatic heterocycles. The summed E-state index contributed by atoms with van der Waals surface area (Å²) in [6, 6.07) is 7.01. The van der Waals surface area contributed by atoms with E-state index in [1.165, 1.54) is 6.07 Å². The van der Waals surface area contributed by atoms with Gasteiger partial charge < -0.3 is 9.80 Å². The van der Waals surface area contributed by atoms with E-state index in [1.807, 2.05) is 31.1 Å². The van der Waals surface area contributed by atoms with Crippen molar-refractivity contribution in [1.29, 1.82) is 0 Å². The maximum Gasteiger partial charge on any atom is 0.222 e. The molecule has 150 valence electrons. The number of hydrogen-bond donors (Lipinski definition) is 0. The second-order valence-corrected chi connectivity index (χ2v) is 7.81. The van der Waals surface area contributed by atoms with E-state index in [0.717, 1.165) is 57.5 Å². The lowest BCUT2D eigenvalue weighted by Crippen LogP contribution is -2.44. The molecular weight excluding hydrogens is 341 g/mol. The SMILES string of the molecule is C=CCCC(=O)N(CCN(C)C)C[C@@H]1CCCN(Cc2ccccc2F)C1. The molecule has 0 unspecified atom stereocenters. The monoisotopic (exact) mass is 375 g/mol. The fourth-order valence-corrected chi connectivity index (χ4v) is 3.65. The molecule has 0 spiro atoms. The highest BCUT2D eigenvalue weighted by atomic mass is 19.1. The van der Waals surface area contributed by atoms with Crippen molar-refractivity contribution in [3.8, 4) is 0 Å². The van der Waals surface area contributed by atoms with E-state index in [1.54, 1.807) is 12.1 Å². The second kappa shape index (κ2) is 11.2. The van der Waals surface area contributed by atoms with Crippen LogP contribution in [0, 0.1) is 11.7 Å². The highest BCUT2D eigenvalue weighted by Gasteiger charge is 2.24. The van der Waals surface area contributed by atoms with Gasteiger partial charge in [-0.05, 0) is 51.9 Å². The van der Waals surface area contributed by atoms with E-state index in [-0.39, 0.29) is 11.7 Å². The Labute approximate surface area is 163 Å². The van der Waals surface area contributed by atoms with Crippen LogP contribution in [-0.4, -0.2) is 67.4 Å². The van der Waals surface area contributed by atoms with E-state index in [2.05, 4.69) is 16.4 Å². The molecular formula is C22H34FN3O. The van der Waals surface area contributed by atoms with Gasteiger partial charge in [0, 0.05) is 44.7 Å². The number of hydrogen-bond acceptors (Lipinski definition) is 3. The number of allylic oxidation sites excluding steroid dienone is 1. The van der Waals surface area contributed by atoms with Crippen molar-refractivity contribution in [2.45, 2.75) is 32.2 Å². The summed E-state index contributed by atoms with van der Waals surface area (Å²) in [5.41, 5.74) is 0.754. The van der Waals surface area contributed by atoms with Gasteiger partial charge in [-0.1, -0.05) is 24.3 Å². The van der Waals surface area contributed by atoms with Gasteiger partial charge in [-0.3, -0.25) is 9.69 Å². The van der Waals surface area contributed by atoms with Crippen LogP contribution in [0.2, 0.25) is 0 Å². The molecule has 1 aliphatic heterocycles. The van der Waals surface area contributed by atoms with Crippen LogP contribution in [0.3, 0.4) is 0 Å². The number of nitrogens with zero attached hydrogens (tertiary/aromatic N) is 3. The average Bonchev–Trinajstić information content (AvgIpc) is 2.65. The van der Waals surface area contributed by atoms with Gasteiger partial charge in [0.1, 0.15) is 5.82 Å². The van der Waals surface area contributed by atoms with Crippen LogP contribution in [0.15, 0.2) is 36.9 Å². The Kier molecular flexibility index (Phi) is 8.95. The molecule has 1 amide bonds. The Morgan fingerprint density at radius 2 is 2.11 bits per heavy atom. The van der Waals surface area contributed by atoms with Crippen LogP contribution in [0.5, 0.6) is 0 Å². The third-order valence-electron chi connectivity index (χ3n) is 5.17. The van der Waals surface area contributed by atoms with E-state index in [0.29, 0.717) is 18.9 Å². The normalized spacial score (nSPS) is 17.9. The van der Waals surface area contributed by atoms with Gasteiger partial charge in [-0.25, -0.2) is 4.39 Å². The molecule has 0 saturated carbocycles. The Balaban J connectivity index is 1.93. The molecule has 1 saturated heterocycles. The molecule has 2 rings (SSSR count). The molecule has 1 aliphatic rings. The minimum atomic E-state index is -0.133. The van der Waals surface area contributed by atoms with Gasteiger partial charge in [0.15, 0.2) is 0 Å². The smallest absolute Gasteiger partial charge is 0.222 e. The lowest BCUT2D eigenvalue weighted by Gasteiger charge is -2.36. The Bertz CT molecular complexity index is 605. The molecule has 5 heteroatoms. The summed E-state index contributed by atoms with van der Waals surface area (Å²) in [6.45, 7) is 8.69. The molecule has 1 aromatic rings. The first-order valence-corrected chi connectivity index (χ1v) is 9.98. The Hall–Kier alpha value is -1.72. The molecule has 0 radical (unpaired) electrons. The predicted molar refractivity (Wildman–Crippen MR) is 109 cm³/mol. The fourth-order valence-electron chi connectivity index (χ4n) is 3.65. The van der Waals surface area contributed by atoms with Crippen molar-refractivity contribution >= 4 is 5.91 Å². The van der Waals surface area contributed by atoms with Gasteiger partial charge in [0.2, 0.25) is 5.91 Å². The number of benzene rings is 1. The summed E-state index contributed by atoms with van der Waals surface area (Å²) in [4.78, 5) is 19.1. The average molecular weight is 376 g/mol. The van der Waals surface area contributed by atoms with Crippen LogP contribution in [-0.2, 0) is 11.3 Å². The van der Waals surface area contributed by atoms with Gasteiger partial charge >= 0.3 is 0 Å². The summed E-state index contributed by atoms with van der Waals surface area (Å²) in [7, 11) is 4.06. The van der Waals surface area contributed by atoms with E-state index in [4.69, 9.17) is 0 Å². The van der Waals surface area contributed by atoms with Crippen LogP contribution in [0.25, 0.3) is 0 Å². The molecule has 27 heavy (non-hydrogen) atoms. The maximum absolute atomic E-state index is 14.0. The van der Waals surface area contributed by atoms with Crippen molar-refractivity contribution in [2.24, 2.45) is 5.92 Å². The van der Waals surface area contributed by atoms with Crippen molar-refractivity contribution < 1.29 is 9.18 Å². The molecule has 0 bridgehead atoms. The van der Waals surface area contributed by atoms with Crippen LogP contribution in [0.1, 0.15) is 31.2 Å². The molecule has 1 heterocycles. The van der Waals surface area contributed by atoms with Gasteiger partial charge in [-0.2, -0.15) is 0 Å². The molecule has 4 nitrogen and oxygen atoms in total. The Morgan fingerprint density at radius 1 is 1.33 bits per heavy atom. The minimum Gasteiger partial charge on any atom is -0.341 e. The quantitative estimate of drug-likeness (QED) is 0.587.